The van der Waals surface area contributed by atoms with Gasteiger partial charge >= 0.3 is 0 Å². The third-order valence-corrected chi connectivity index (χ3v) is 5.28. The molecule has 16 heavy (non-hydrogen) atoms. The van der Waals surface area contributed by atoms with Gasteiger partial charge in [-0.25, -0.2) is 0 Å². The maximum Gasteiger partial charge on any atom is 0.0761 e. The molecule has 0 saturated carbocycles. The van der Waals surface area contributed by atoms with Crippen molar-refractivity contribution in [1.29, 1.82) is 0 Å². The van der Waals surface area contributed by atoms with Crippen LogP contribution in [0.5, 0.6) is 0 Å². The van der Waals surface area contributed by atoms with E-state index in [1.54, 1.807) is 0 Å². The molecule has 0 aliphatic carbocycles. The molecule has 0 aliphatic heterocycles. The fourth-order valence-electron chi connectivity index (χ4n) is 1.46. The van der Waals surface area contributed by atoms with E-state index in [0.29, 0.717) is 0 Å². The summed E-state index contributed by atoms with van der Waals surface area (Å²) in [4.78, 5) is 4.48. The van der Waals surface area contributed by atoms with Crippen molar-refractivity contribution in [2.75, 3.05) is 6.54 Å². The van der Waals surface area contributed by atoms with Crippen LogP contribution >= 0.6 is 0 Å². The predicted octanol–water partition coefficient (Wildman–Crippen LogP) is 4.85. The Morgan fingerprint density at radius 2 is 1.69 bits per heavy atom. The fraction of sp³-hybridized carbons (Fsp3) is 0.786. The highest BCUT2D eigenvalue weighted by Crippen LogP contribution is 2.08. The van der Waals surface area contributed by atoms with Crippen LogP contribution in [-0.4, -0.2) is 20.8 Å². The smallest absolute Gasteiger partial charge is 0.0761 e. The number of aliphatic imine (C=N–C) groups is 1. The SMILES string of the molecule is C=C[Si](C)(C)CC=NCCCCCCCC. The summed E-state index contributed by atoms with van der Waals surface area (Å²) >= 11 is 0. The van der Waals surface area contributed by atoms with Crippen LogP contribution < -0.4 is 0 Å². The van der Waals surface area contributed by atoms with E-state index in [2.05, 4.69) is 43.5 Å². The van der Waals surface area contributed by atoms with Gasteiger partial charge in [0.2, 0.25) is 0 Å². The summed E-state index contributed by atoms with van der Waals surface area (Å²) in [5.74, 6) is 0. The third kappa shape index (κ3) is 10.2. The van der Waals surface area contributed by atoms with Crippen molar-refractivity contribution in [3.8, 4) is 0 Å². The van der Waals surface area contributed by atoms with Gasteiger partial charge in [0.1, 0.15) is 0 Å². The number of nitrogens with zero attached hydrogens (tertiary/aromatic N) is 1. The maximum atomic E-state index is 4.48. The summed E-state index contributed by atoms with van der Waals surface area (Å²) in [5.41, 5.74) is 2.14. The molecule has 0 bridgehead atoms. The zero-order chi connectivity index (χ0) is 12.3. The van der Waals surface area contributed by atoms with Crippen LogP contribution in [0.3, 0.4) is 0 Å². The highest BCUT2D eigenvalue weighted by molar-refractivity contribution is 6.84. The predicted molar refractivity (Wildman–Crippen MR) is 79.2 cm³/mol. The van der Waals surface area contributed by atoms with E-state index in [1.807, 2.05) is 0 Å². The Morgan fingerprint density at radius 1 is 1.06 bits per heavy atom. The number of unbranched alkanes of at least 4 members (excludes halogenated alkanes) is 5. The molecule has 0 fully saturated rings. The molecule has 1 nitrogen and oxygen atoms in total. The Hall–Kier alpha value is -0.373. The molecule has 0 atom stereocenters. The first-order chi connectivity index (χ1) is 7.62. The monoisotopic (exact) mass is 239 g/mol. The number of hydrogen-bond acceptors (Lipinski definition) is 1. The maximum absolute atomic E-state index is 4.48. The lowest BCUT2D eigenvalue weighted by atomic mass is 10.1. The Bertz CT molecular complexity index is 197. The van der Waals surface area contributed by atoms with Crippen LogP contribution in [0.4, 0.5) is 0 Å². The first kappa shape index (κ1) is 15.6. The van der Waals surface area contributed by atoms with E-state index >= 15 is 0 Å². The summed E-state index contributed by atoms with van der Waals surface area (Å²) in [6.07, 6.45) is 10.2. The average molecular weight is 239 g/mol. The van der Waals surface area contributed by atoms with E-state index < -0.39 is 8.07 Å². The topological polar surface area (TPSA) is 12.4 Å². The van der Waals surface area contributed by atoms with Gasteiger partial charge in [0.15, 0.2) is 0 Å². The lowest BCUT2D eigenvalue weighted by molar-refractivity contribution is 0.612. The van der Waals surface area contributed by atoms with Crippen molar-refractivity contribution in [2.45, 2.75) is 64.6 Å². The Balaban J connectivity index is 3.31. The normalized spacial score (nSPS) is 12.2. The van der Waals surface area contributed by atoms with Crippen LogP contribution in [0.15, 0.2) is 17.3 Å². The van der Waals surface area contributed by atoms with Crippen molar-refractivity contribution < 1.29 is 0 Å². The molecule has 0 spiro atoms. The number of hydrogen-bond donors (Lipinski definition) is 0. The van der Waals surface area contributed by atoms with Gasteiger partial charge in [-0.15, -0.1) is 12.3 Å². The summed E-state index contributed by atoms with van der Waals surface area (Å²) in [5, 5.41) is 0. The van der Waals surface area contributed by atoms with Crippen LogP contribution in [-0.2, 0) is 0 Å². The zero-order valence-electron chi connectivity index (χ0n) is 11.5. The summed E-state index contributed by atoms with van der Waals surface area (Å²) in [6.45, 7) is 11.8. The van der Waals surface area contributed by atoms with E-state index in [4.69, 9.17) is 0 Å². The minimum absolute atomic E-state index is 1.02. The van der Waals surface area contributed by atoms with Gasteiger partial charge in [-0.1, -0.05) is 52.1 Å². The number of rotatable bonds is 10. The first-order valence-electron chi connectivity index (χ1n) is 6.74. The lowest BCUT2D eigenvalue weighted by Gasteiger charge is -2.12. The van der Waals surface area contributed by atoms with E-state index in [0.717, 1.165) is 12.6 Å². The molecule has 0 heterocycles. The second-order valence-corrected chi connectivity index (χ2v) is 10.0. The Labute approximate surface area is 103 Å². The molecule has 0 aliphatic rings. The Kier molecular flexibility index (Phi) is 9.60. The lowest BCUT2D eigenvalue weighted by Crippen LogP contribution is -2.21. The average Bonchev–Trinajstić information content (AvgIpc) is 2.27. The molecule has 0 aromatic carbocycles. The molecule has 2 heteroatoms. The first-order valence-corrected chi connectivity index (χ1v) is 10.0. The second-order valence-electron chi connectivity index (χ2n) is 5.25. The fourth-order valence-corrected chi connectivity index (χ4v) is 2.22. The molecule has 94 valence electrons. The van der Waals surface area contributed by atoms with Crippen LogP contribution in [0.1, 0.15) is 45.4 Å². The van der Waals surface area contributed by atoms with Crippen LogP contribution in [0, 0.1) is 0 Å². The zero-order valence-corrected chi connectivity index (χ0v) is 12.5. The van der Waals surface area contributed by atoms with Crippen molar-refractivity contribution in [1.82, 2.24) is 0 Å². The molecule has 0 unspecified atom stereocenters. The van der Waals surface area contributed by atoms with Gasteiger partial charge in [-0.05, 0) is 18.7 Å². The van der Waals surface area contributed by atoms with E-state index in [9.17, 15) is 0 Å². The van der Waals surface area contributed by atoms with Gasteiger partial charge in [0, 0.05) is 6.54 Å². The third-order valence-electron chi connectivity index (χ3n) is 2.94. The standard InChI is InChI=1S/C14H29NSi/c1-5-7-8-9-10-11-12-15-13-14-16(3,4)6-2/h6,13H,2,5,7-12,14H2,1,3-4H3. The molecule has 0 rings (SSSR count). The second kappa shape index (κ2) is 9.82. The summed E-state index contributed by atoms with van der Waals surface area (Å²) in [7, 11) is -1.15. The van der Waals surface area contributed by atoms with Gasteiger partial charge in [0.05, 0.1) is 8.07 Å². The van der Waals surface area contributed by atoms with E-state index in [-0.39, 0.29) is 0 Å². The largest absolute Gasteiger partial charge is 0.298 e. The highest BCUT2D eigenvalue weighted by atomic mass is 28.3. The van der Waals surface area contributed by atoms with Gasteiger partial charge in [0.25, 0.3) is 0 Å². The summed E-state index contributed by atoms with van der Waals surface area (Å²) < 4.78 is 0. The molecular weight excluding hydrogens is 210 g/mol. The van der Waals surface area contributed by atoms with Crippen molar-refractivity contribution in [2.24, 2.45) is 4.99 Å². The minimum Gasteiger partial charge on any atom is -0.298 e. The van der Waals surface area contributed by atoms with Crippen LogP contribution in [0.25, 0.3) is 0 Å². The molecule has 0 amide bonds. The van der Waals surface area contributed by atoms with Crippen molar-refractivity contribution >= 4 is 14.3 Å². The summed E-state index contributed by atoms with van der Waals surface area (Å²) in [6, 6.07) is 1.15. The Morgan fingerprint density at radius 3 is 2.31 bits per heavy atom. The molecular formula is C14H29NSi. The van der Waals surface area contributed by atoms with Gasteiger partial charge in [-0.3, -0.25) is 4.99 Å². The molecule has 0 N–H and O–H groups in total. The van der Waals surface area contributed by atoms with Gasteiger partial charge in [-0.2, -0.15) is 0 Å². The van der Waals surface area contributed by atoms with Crippen molar-refractivity contribution in [3.63, 3.8) is 0 Å². The quantitative estimate of drug-likeness (QED) is 0.293. The molecule has 0 saturated heterocycles. The minimum atomic E-state index is -1.15. The molecule has 0 radical (unpaired) electrons. The van der Waals surface area contributed by atoms with Gasteiger partial charge < -0.3 is 0 Å². The molecule has 0 aromatic rings. The van der Waals surface area contributed by atoms with E-state index in [1.165, 1.54) is 38.5 Å². The highest BCUT2D eigenvalue weighted by Gasteiger charge is 2.12. The molecule has 0 aromatic heterocycles. The van der Waals surface area contributed by atoms with Crippen LogP contribution in [0.2, 0.25) is 19.1 Å². The van der Waals surface area contributed by atoms with Crippen molar-refractivity contribution in [3.05, 3.63) is 12.3 Å².